The van der Waals surface area contributed by atoms with Crippen LogP contribution in [0.2, 0.25) is 5.02 Å². The number of aromatic carboxylic acids is 1. The average Bonchev–Trinajstić information content (AvgIpc) is 2.66. The van der Waals surface area contributed by atoms with Crippen LogP contribution < -0.4 is 0 Å². The molecule has 15 heavy (non-hydrogen) atoms. The summed E-state index contributed by atoms with van der Waals surface area (Å²) in [5.41, 5.74) is 0.428. The number of carbonyl (C=O) groups is 1. The Morgan fingerprint density at radius 2 is 2.27 bits per heavy atom. The number of nitrogens with zero attached hydrogens (tertiary/aromatic N) is 4. The van der Waals surface area contributed by atoms with Crippen LogP contribution in [0.3, 0.4) is 0 Å². The van der Waals surface area contributed by atoms with Crippen molar-refractivity contribution in [3.63, 3.8) is 0 Å². The zero-order valence-corrected chi connectivity index (χ0v) is 8.09. The second-order valence-corrected chi connectivity index (χ2v) is 3.15. The molecular formula is C8H5ClN4O2. The molecule has 1 N–H and O–H groups in total. The van der Waals surface area contributed by atoms with Gasteiger partial charge in [0, 0.05) is 6.20 Å². The van der Waals surface area contributed by atoms with Gasteiger partial charge < -0.3 is 5.11 Å². The standard InChI is InChI=1S/C8H5ClN4O2/c9-5-1-6(3-10-2-5)13-4-7(8(14)15)11-12-13/h1-4H,(H,14,15). The molecule has 0 saturated carbocycles. The Labute approximate surface area is 89.1 Å². The molecule has 2 heterocycles. The van der Waals surface area contributed by atoms with E-state index in [-0.39, 0.29) is 5.69 Å². The number of carboxylic acid groups (broad SMARTS) is 1. The van der Waals surface area contributed by atoms with Gasteiger partial charge in [0.05, 0.1) is 23.1 Å². The summed E-state index contributed by atoms with van der Waals surface area (Å²) in [5, 5.41) is 16.2. The number of halogens is 1. The van der Waals surface area contributed by atoms with E-state index in [4.69, 9.17) is 16.7 Å². The average molecular weight is 225 g/mol. The highest BCUT2D eigenvalue weighted by atomic mass is 35.5. The lowest BCUT2D eigenvalue weighted by atomic mass is 10.4. The van der Waals surface area contributed by atoms with Crippen molar-refractivity contribution in [3.05, 3.63) is 35.4 Å². The SMILES string of the molecule is O=C(O)c1cn(-c2cncc(Cl)c2)nn1. The van der Waals surface area contributed by atoms with Gasteiger partial charge in [-0.15, -0.1) is 5.10 Å². The Morgan fingerprint density at radius 3 is 2.87 bits per heavy atom. The molecule has 2 rings (SSSR count). The van der Waals surface area contributed by atoms with Gasteiger partial charge in [0.1, 0.15) is 0 Å². The smallest absolute Gasteiger partial charge is 0.358 e. The Morgan fingerprint density at radius 1 is 1.47 bits per heavy atom. The zero-order chi connectivity index (χ0) is 10.8. The first-order valence-corrected chi connectivity index (χ1v) is 4.31. The van der Waals surface area contributed by atoms with Crippen molar-refractivity contribution in [1.82, 2.24) is 20.0 Å². The predicted molar refractivity (Wildman–Crippen MR) is 51.1 cm³/mol. The van der Waals surface area contributed by atoms with Crippen molar-refractivity contribution in [2.75, 3.05) is 0 Å². The van der Waals surface area contributed by atoms with E-state index in [1.807, 2.05) is 0 Å². The maximum Gasteiger partial charge on any atom is 0.358 e. The van der Waals surface area contributed by atoms with Crippen LogP contribution in [-0.4, -0.2) is 31.1 Å². The Kier molecular flexibility index (Phi) is 2.34. The molecule has 0 aromatic carbocycles. The van der Waals surface area contributed by atoms with Gasteiger partial charge in [-0.3, -0.25) is 4.98 Å². The van der Waals surface area contributed by atoms with Crippen molar-refractivity contribution in [2.45, 2.75) is 0 Å². The van der Waals surface area contributed by atoms with E-state index in [9.17, 15) is 4.79 Å². The number of pyridine rings is 1. The fraction of sp³-hybridized carbons (Fsp3) is 0. The normalized spacial score (nSPS) is 10.2. The Bertz CT molecular complexity index is 511. The molecule has 0 unspecified atom stereocenters. The fourth-order valence-corrected chi connectivity index (χ4v) is 1.18. The summed E-state index contributed by atoms with van der Waals surface area (Å²) in [6, 6.07) is 1.61. The number of hydrogen-bond donors (Lipinski definition) is 1. The summed E-state index contributed by atoms with van der Waals surface area (Å²) in [4.78, 5) is 14.4. The van der Waals surface area contributed by atoms with Gasteiger partial charge in [-0.05, 0) is 6.07 Å². The largest absolute Gasteiger partial charge is 0.476 e. The number of hydrogen-bond acceptors (Lipinski definition) is 4. The Balaban J connectivity index is 2.41. The summed E-state index contributed by atoms with van der Waals surface area (Å²) in [6.07, 6.45) is 4.27. The second kappa shape index (κ2) is 3.66. The van der Waals surface area contributed by atoms with Crippen molar-refractivity contribution in [2.24, 2.45) is 0 Å². The third-order valence-electron chi connectivity index (χ3n) is 1.67. The van der Waals surface area contributed by atoms with Crippen LogP contribution in [0, 0.1) is 0 Å². The molecule has 0 aliphatic heterocycles. The van der Waals surface area contributed by atoms with Crippen LogP contribution in [0.15, 0.2) is 24.7 Å². The first-order chi connectivity index (χ1) is 7.16. The van der Waals surface area contributed by atoms with Crippen LogP contribution in [0.25, 0.3) is 5.69 Å². The van der Waals surface area contributed by atoms with Crippen LogP contribution in [0.1, 0.15) is 10.5 Å². The fourth-order valence-electron chi connectivity index (χ4n) is 1.01. The third-order valence-corrected chi connectivity index (χ3v) is 1.87. The van der Waals surface area contributed by atoms with Crippen molar-refractivity contribution in [3.8, 4) is 5.69 Å². The van der Waals surface area contributed by atoms with E-state index < -0.39 is 5.97 Å². The van der Waals surface area contributed by atoms with Gasteiger partial charge in [0.15, 0.2) is 5.69 Å². The van der Waals surface area contributed by atoms with Crippen molar-refractivity contribution in [1.29, 1.82) is 0 Å². The van der Waals surface area contributed by atoms with Crippen LogP contribution in [0.5, 0.6) is 0 Å². The summed E-state index contributed by atoms with van der Waals surface area (Å²) in [6.45, 7) is 0. The minimum absolute atomic E-state index is 0.130. The monoisotopic (exact) mass is 224 g/mol. The predicted octanol–water partition coefficient (Wildman–Crippen LogP) is 1.01. The lowest BCUT2D eigenvalue weighted by molar-refractivity contribution is 0.0690. The van der Waals surface area contributed by atoms with Crippen molar-refractivity contribution >= 4 is 17.6 Å². The summed E-state index contributed by atoms with van der Waals surface area (Å²) in [5.74, 6) is -1.13. The highest BCUT2D eigenvalue weighted by Crippen LogP contribution is 2.11. The van der Waals surface area contributed by atoms with Crippen molar-refractivity contribution < 1.29 is 9.90 Å². The van der Waals surface area contributed by atoms with Gasteiger partial charge in [0.25, 0.3) is 0 Å². The van der Waals surface area contributed by atoms with Gasteiger partial charge >= 0.3 is 5.97 Å². The Hall–Kier alpha value is -1.95. The minimum Gasteiger partial charge on any atom is -0.476 e. The lowest BCUT2D eigenvalue weighted by Gasteiger charge is -1.97. The summed E-state index contributed by atoms with van der Waals surface area (Å²) >= 11 is 5.72. The summed E-state index contributed by atoms with van der Waals surface area (Å²) in [7, 11) is 0. The maximum absolute atomic E-state index is 10.6. The molecule has 76 valence electrons. The molecule has 0 saturated heterocycles. The van der Waals surface area contributed by atoms with Gasteiger partial charge in [0.2, 0.25) is 0 Å². The summed E-state index contributed by atoms with van der Waals surface area (Å²) < 4.78 is 1.29. The van der Waals surface area contributed by atoms with E-state index >= 15 is 0 Å². The quantitative estimate of drug-likeness (QED) is 0.824. The zero-order valence-electron chi connectivity index (χ0n) is 7.33. The van der Waals surface area contributed by atoms with E-state index in [1.54, 1.807) is 6.07 Å². The molecule has 0 amide bonds. The highest BCUT2D eigenvalue weighted by Gasteiger charge is 2.09. The molecule has 0 aliphatic carbocycles. The number of carboxylic acids is 1. The minimum atomic E-state index is -1.13. The highest BCUT2D eigenvalue weighted by molar-refractivity contribution is 6.30. The van der Waals surface area contributed by atoms with E-state index in [0.717, 1.165) is 0 Å². The van der Waals surface area contributed by atoms with Gasteiger partial charge in [-0.2, -0.15) is 0 Å². The maximum atomic E-state index is 10.6. The first kappa shape index (κ1) is 9.60. The molecule has 2 aromatic rings. The molecule has 6 nitrogen and oxygen atoms in total. The van der Waals surface area contributed by atoms with E-state index in [2.05, 4.69) is 15.3 Å². The van der Waals surface area contributed by atoms with E-state index in [1.165, 1.54) is 23.3 Å². The molecular weight excluding hydrogens is 220 g/mol. The topological polar surface area (TPSA) is 80.9 Å². The van der Waals surface area contributed by atoms with Gasteiger partial charge in [-0.25, -0.2) is 9.48 Å². The van der Waals surface area contributed by atoms with Crippen LogP contribution in [0.4, 0.5) is 0 Å². The molecule has 0 aliphatic rings. The first-order valence-electron chi connectivity index (χ1n) is 3.93. The molecule has 0 atom stereocenters. The molecule has 0 fully saturated rings. The van der Waals surface area contributed by atoms with Crippen LogP contribution in [-0.2, 0) is 0 Å². The number of aromatic nitrogens is 4. The second-order valence-electron chi connectivity index (χ2n) is 2.71. The van der Waals surface area contributed by atoms with Crippen LogP contribution >= 0.6 is 11.6 Å². The third kappa shape index (κ3) is 1.94. The lowest BCUT2D eigenvalue weighted by Crippen LogP contribution is -1.96. The molecule has 2 aromatic heterocycles. The van der Waals surface area contributed by atoms with E-state index in [0.29, 0.717) is 10.7 Å². The molecule has 0 radical (unpaired) electrons. The molecule has 0 spiro atoms. The molecule has 7 heteroatoms. The number of rotatable bonds is 2. The van der Waals surface area contributed by atoms with Gasteiger partial charge in [-0.1, -0.05) is 16.8 Å². The molecule has 0 bridgehead atoms.